The lowest BCUT2D eigenvalue weighted by molar-refractivity contribution is 0.0780. The maximum atomic E-state index is 5.79. The van der Waals surface area contributed by atoms with Crippen LogP contribution < -0.4 is 5.32 Å². The van der Waals surface area contributed by atoms with Crippen molar-refractivity contribution in [2.45, 2.75) is 44.8 Å². The van der Waals surface area contributed by atoms with Crippen molar-refractivity contribution in [2.24, 2.45) is 7.05 Å². The number of aromatic nitrogens is 2. The summed E-state index contributed by atoms with van der Waals surface area (Å²) >= 11 is 0. The smallest absolute Gasteiger partial charge is 0.0732 e. The summed E-state index contributed by atoms with van der Waals surface area (Å²) in [6, 6.07) is 2.50. The first-order chi connectivity index (χ1) is 8.29. The molecule has 0 amide bonds. The fourth-order valence-electron chi connectivity index (χ4n) is 2.38. The molecule has 2 atom stereocenters. The molecule has 1 saturated heterocycles. The molecular formula is C13H23N3O. The largest absolute Gasteiger partial charge is 0.377 e. The maximum absolute atomic E-state index is 5.79. The minimum atomic E-state index is 0.364. The number of nitrogens with one attached hydrogen (secondary N) is 1. The lowest BCUT2D eigenvalue weighted by Crippen LogP contribution is -2.41. The van der Waals surface area contributed by atoms with Crippen molar-refractivity contribution >= 4 is 0 Å². The number of aryl methyl sites for hydroxylation is 1. The monoisotopic (exact) mass is 237 g/mol. The van der Waals surface area contributed by atoms with Crippen LogP contribution in [0.4, 0.5) is 0 Å². The van der Waals surface area contributed by atoms with Gasteiger partial charge in [0.25, 0.3) is 0 Å². The molecule has 1 N–H and O–H groups in total. The number of rotatable bonds is 6. The van der Waals surface area contributed by atoms with E-state index in [1.54, 1.807) is 0 Å². The van der Waals surface area contributed by atoms with Crippen LogP contribution in [0.3, 0.4) is 0 Å². The number of ether oxygens (including phenoxy) is 1. The third-order valence-corrected chi connectivity index (χ3v) is 3.27. The lowest BCUT2D eigenvalue weighted by Gasteiger charge is -2.23. The van der Waals surface area contributed by atoms with E-state index in [9.17, 15) is 0 Å². The molecule has 0 aliphatic carbocycles. The molecule has 17 heavy (non-hydrogen) atoms. The molecule has 2 rings (SSSR count). The van der Waals surface area contributed by atoms with Gasteiger partial charge in [-0.2, -0.15) is 5.10 Å². The van der Waals surface area contributed by atoms with E-state index >= 15 is 0 Å². The molecule has 1 fully saturated rings. The first-order valence-electron chi connectivity index (χ1n) is 6.63. The van der Waals surface area contributed by atoms with Crippen LogP contribution in [-0.4, -0.2) is 35.1 Å². The zero-order valence-corrected chi connectivity index (χ0v) is 10.9. The average molecular weight is 237 g/mol. The summed E-state index contributed by atoms with van der Waals surface area (Å²) in [7, 11) is 1.96. The van der Waals surface area contributed by atoms with Gasteiger partial charge in [0.15, 0.2) is 0 Å². The van der Waals surface area contributed by atoms with Crippen molar-refractivity contribution < 1.29 is 4.74 Å². The Hall–Kier alpha value is -0.870. The molecule has 1 aromatic heterocycles. The van der Waals surface area contributed by atoms with Crippen LogP contribution in [0.15, 0.2) is 12.3 Å². The van der Waals surface area contributed by atoms with Gasteiger partial charge in [0.2, 0.25) is 0 Å². The van der Waals surface area contributed by atoms with Crippen LogP contribution >= 0.6 is 0 Å². The highest BCUT2D eigenvalue weighted by Crippen LogP contribution is 2.18. The van der Waals surface area contributed by atoms with Crippen LogP contribution in [0.5, 0.6) is 0 Å². The summed E-state index contributed by atoms with van der Waals surface area (Å²) < 4.78 is 7.66. The Bertz CT molecular complexity index is 331. The van der Waals surface area contributed by atoms with Crippen LogP contribution in [0.25, 0.3) is 0 Å². The number of hydrogen-bond donors (Lipinski definition) is 1. The predicted octanol–water partition coefficient (Wildman–Crippen LogP) is 1.51. The quantitative estimate of drug-likeness (QED) is 0.815. The fourth-order valence-corrected chi connectivity index (χ4v) is 2.38. The summed E-state index contributed by atoms with van der Waals surface area (Å²) in [5.74, 6) is 0. The van der Waals surface area contributed by atoms with Crippen molar-refractivity contribution in [1.82, 2.24) is 15.1 Å². The Morgan fingerprint density at radius 2 is 2.53 bits per heavy atom. The van der Waals surface area contributed by atoms with Gasteiger partial charge in [-0.15, -0.1) is 0 Å². The van der Waals surface area contributed by atoms with Crippen molar-refractivity contribution in [3.05, 3.63) is 18.0 Å². The molecular weight excluding hydrogens is 214 g/mol. The minimum Gasteiger partial charge on any atom is -0.377 e. The van der Waals surface area contributed by atoms with Crippen molar-refractivity contribution in [1.29, 1.82) is 0 Å². The van der Waals surface area contributed by atoms with E-state index in [0.29, 0.717) is 12.1 Å². The van der Waals surface area contributed by atoms with Crippen LogP contribution in [0, 0.1) is 0 Å². The van der Waals surface area contributed by atoms with Gasteiger partial charge in [0.1, 0.15) is 0 Å². The summed E-state index contributed by atoms with van der Waals surface area (Å²) in [5, 5.41) is 8.05. The molecule has 4 nitrogen and oxygen atoms in total. The van der Waals surface area contributed by atoms with Gasteiger partial charge < -0.3 is 10.1 Å². The Morgan fingerprint density at radius 1 is 1.65 bits per heavy atom. The van der Waals surface area contributed by atoms with E-state index in [-0.39, 0.29) is 0 Å². The standard InChI is InChI=1S/C13H23N3O/c1-3-7-14-12(13-5-4-9-17-13)10-11-6-8-16(2)15-11/h6,8,12-14H,3-5,7,9-10H2,1-2H3. The highest BCUT2D eigenvalue weighted by molar-refractivity contribution is 5.03. The molecule has 0 saturated carbocycles. The van der Waals surface area contributed by atoms with Crippen molar-refractivity contribution in [3.8, 4) is 0 Å². The third-order valence-electron chi connectivity index (χ3n) is 3.27. The zero-order valence-electron chi connectivity index (χ0n) is 10.9. The van der Waals surface area contributed by atoms with E-state index in [4.69, 9.17) is 4.74 Å². The van der Waals surface area contributed by atoms with Gasteiger partial charge in [0.05, 0.1) is 11.8 Å². The topological polar surface area (TPSA) is 39.1 Å². The first kappa shape index (κ1) is 12.6. The highest BCUT2D eigenvalue weighted by Gasteiger charge is 2.26. The molecule has 1 aromatic rings. The highest BCUT2D eigenvalue weighted by atomic mass is 16.5. The predicted molar refractivity (Wildman–Crippen MR) is 68.0 cm³/mol. The van der Waals surface area contributed by atoms with Gasteiger partial charge in [-0.05, 0) is 31.9 Å². The van der Waals surface area contributed by atoms with E-state index in [1.807, 2.05) is 17.9 Å². The van der Waals surface area contributed by atoms with E-state index < -0.39 is 0 Å². The Labute approximate surface area is 103 Å². The summed E-state index contributed by atoms with van der Waals surface area (Å²) in [5.41, 5.74) is 1.15. The normalized spacial score (nSPS) is 21.9. The summed E-state index contributed by atoms with van der Waals surface area (Å²) in [4.78, 5) is 0. The van der Waals surface area contributed by atoms with Crippen molar-refractivity contribution in [3.63, 3.8) is 0 Å². The maximum Gasteiger partial charge on any atom is 0.0732 e. The average Bonchev–Trinajstić information content (AvgIpc) is 2.95. The second-order valence-corrected chi connectivity index (χ2v) is 4.80. The van der Waals surface area contributed by atoms with E-state index in [1.165, 1.54) is 12.8 Å². The van der Waals surface area contributed by atoms with Gasteiger partial charge >= 0.3 is 0 Å². The molecule has 0 radical (unpaired) electrons. The first-order valence-corrected chi connectivity index (χ1v) is 6.63. The third kappa shape index (κ3) is 3.54. The molecule has 2 heterocycles. The van der Waals surface area contributed by atoms with Gasteiger partial charge in [-0.1, -0.05) is 6.92 Å². The van der Waals surface area contributed by atoms with Crippen LogP contribution in [-0.2, 0) is 18.2 Å². The molecule has 1 aliphatic rings. The Morgan fingerprint density at radius 3 is 3.12 bits per heavy atom. The summed E-state index contributed by atoms with van der Waals surface area (Å²) in [6.45, 7) is 4.16. The molecule has 2 unspecified atom stereocenters. The SMILES string of the molecule is CCCNC(Cc1ccn(C)n1)C1CCCO1. The lowest BCUT2D eigenvalue weighted by atomic mass is 10.0. The van der Waals surface area contributed by atoms with Gasteiger partial charge in [0, 0.05) is 32.3 Å². The number of hydrogen-bond acceptors (Lipinski definition) is 3. The minimum absolute atomic E-state index is 0.364. The second-order valence-electron chi connectivity index (χ2n) is 4.80. The van der Waals surface area contributed by atoms with Gasteiger partial charge in [-0.3, -0.25) is 4.68 Å². The molecule has 4 heteroatoms. The van der Waals surface area contributed by atoms with Crippen LogP contribution in [0.2, 0.25) is 0 Å². The molecule has 0 aromatic carbocycles. The zero-order chi connectivity index (χ0) is 12.1. The molecule has 96 valence electrons. The van der Waals surface area contributed by atoms with E-state index in [0.717, 1.165) is 31.7 Å². The Kier molecular flexibility index (Phi) is 4.57. The second kappa shape index (κ2) is 6.17. The molecule has 1 aliphatic heterocycles. The van der Waals surface area contributed by atoms with Gasteiger partial charge in [-0.25, -0.2) is 0 Å². The number of nitrogens with zero attached hydrogens (tertiary/aromatic N) is 2. The molecule has 0 spiro atoms. The van der Waals surface area contributed by atoms with Crippen LogP contribution in [0.1, 0.15) is 31.9 Å². The molecule has 0 bridgehead atoms. The van der Waals surface area contributed by atoms with E-state index in [2.05, 4.69) is 23.4 Å². The van der Waals surface area contributed by atoms with Crippen molar-refractivity contribution in [2.75, 3.05) is 13.2 Å². The summed E-state index contributed by atoms with van der Waals surface area (Å²) in [6.07, 6.45) is 6.85. The Balaban J connectivity index is 1.94. The fraction of sp³-hybridized carbons (Fsp3) is 0.769.